The van der Waals surface area contributed by atoms with Crippen molar-refractivity contribution in [1.29, 1.82) is 0 Å². The molecule has 3 nitrogen and oxygen atoms in total. The number of piperidine rings is 1. The molecule has 3 heteroatoms. The molecule has 1 aliphatic rings. The minimum Gasteiger partial charge on any atom is -0.316 e. The van der Waals surface area contributed by atoms with Crippen LogP contribution >= 0.6 is 0 Å². The zero-order chi connectivity index (χ0) is 10.7. The Kier molecular flexibility index (Phi) is 3.31. The Balaban J connectivity index is 2.08. The average Bonchev–Trinajstić information content (AvgIpc) is 2.30. The molecular formula is C12H19N3. The molecular weight excluding hydrogens is 186 g/mol. The van der Waals surface area contributed by atoms with Crippen molar-refractivity contribution in [3.8, 4) is 0 Å². The summed E-state index contributed by atoms with van der Waals surface area (Å²) in [6.07, 6.45) is 6.40. The second-order valence-corrected chi connectivity index (χ2v) is 4.57. The normalized spacial score (nSPS) is 21.9. The van der Waals surface area contributed by atoms with Crippen molar-refractivity contribution in [2.24, 2.45) is 0 Å². The summed E-state index contributed by atoms with van der Waals surface area (Å²) in [4.78, 5) is 8.94. The molecule has 2 rings (SSSR count). The molecule has 0 aliphatic carbocycles. The third kappa shape index (κ3) is 2.53. The van der Waals surface area contributed by atoms with Gasteiger partial charge in [0.1, 0.15) is 5.82 Å². The maximum absolute atomic E-state index is 4.47. The van der Waals surface area contributed by atoms with Crippen LogP contribution in [0.25, 0.3) is 0 Å². The van der Waals surface area contributed by atoms with Gasteiger partial charge < -0.3 is 5.32 Å². The maximum Gasteiger partial charge on any atom is 0.132 e. The summed E-state index contributed by atoms with van der Waals surface area (Å²) in [7, 11) is 0. The summed E-state index contributed by atoms with van der Waals surface area (Å²) in [5.41, 5.74) is 1.22. The lowest BCUT2D eigenvalue weighted by Gasteiger charge is -2.21. The van der Waals surface area contributed by atoms with E-state index < -0.39 is 0 Å². The first-order chi connectivity index (χ1) is 7.27. The van der Waals surface area contributed by atoms with Crippen LogP contribution in [-0.2, 0) is 0 Å². The van der Waals surface area contributed by atoms with Crippen molar-refractivity contribution in [1.82, 2.24) is 15.3 Å². The van der Waals surface area contributed by atoms with Gasteiger partial charge in [0.15, 0.2) is 0 Å². The van der Waals surface area contributed by atoms with Gasteiger partial charge in [0.25, 0.3) is 0 Å². The molecule has 82 valence electrons. The molecule has 1 atom stereocenters. The molecule has 15 heavy (non-hydrogen) atoms. The van der Waals surface area contributed by atoms with Crippen LogP contribution < -0.4 is 5.32 Å². The lowest BCUT2D eigenvalue weighted by molar-refractivity contribution is 0.446. The highest BCUT2D eigenvalue weighted by Gasteiger charge is 2.17. The summed E-state index contributed by atoms with van der Waals surface area (Å²) in [6, 6.07) is 0. The average molecular weight is 205 g/mol. The van der Waals surface area contributed by atoms with E-state index in [1.807, 2.05) is 12.4 Å². The van der Waals surface area contributed by atoms with E-state index in [0.29, 0.717) is 11.8 Å². The van der Waals surface area contributed by atoms with E-state index in [1.165, 1.54) is 18.4 Å². The van der Waals surface area contributed by atoms with Crippen LogP contribution in [-0.4, -0.2) is 23.1 Å². The van der Waals surface area contributed by atoms with Crippen molar-refractivity contribution in [3.63, 3.8) is 0 Å². The van der Waals surface area contributed by atoms with Gasteiger partial charge in [-0.15, -0.1) is 0 Å². The molecule has 0 spiro atoms. The van der Waals surface area contributed by atoms with Crippen LogP contribution in [0.15, 0.2) is 12.4 Å². The van der Waals surface area contributed by atoms with Crippen molar-refractivity contribution in [2.45, 2.75) is 38.5 Å². The van der Waals surface area contributed by atoms with Gasteiger partial charge in [-0.3, -0.25) is 0 Å². The van der Waals surface area contributed by atoms with Gasteiger partial charge >= 0.3 is 0 Å². The van der Waals surface area contributed by atoms with E-state index in [0.717, 1.165) is 18.9 Å². The molecule has 1 aromatic heterocycles. The topological polar surface area (TPSA) is 37.8 Å². The Morgan fingerprint density at radius 2 is 2.07 bits per heavy atom. The molecule has 0 amide bonds. The Morgan fingerprint density at radius 3 is 2.60 bits per heavy atom. The van der Waals surface area contributed by atoms with Gasteiger partial charge in [-0.25, -0.2) is 9.97 Å². The maximum atomic E-state index is 4.47. The molecule has 1 fully saturated rings. The van der Waals surface area contributed by atoms with E-state index in [9.17, 15) is 0 Å². The van der Waals surface area contributed by atoms with Gasteiger partial charge in [0, 0.05) is 24.9 Å². The molecule has 1 aromatic rings. The molecule has 1 aliphatic heterocycles. The predicted molar refractivity (Wildman–Crippen MR) is 61.0 cm³/mol. The smallest absolute Gasteiger partial charge is 0.132 e. The largest absolute Gasteiger partial charge is 0.316 e. The first-order valence-electron chi connectivity index (χ1n) is 5.80. The number of hydrogen-bond acceptors (Lipinski definition) is 3. The van der Waals surface area contributed by atoms with Crippen LogP contribution in [0, 0.1) is 0 Å². The van der Waals surface area contributed by atoms with Gasteiger partial charge in [-0.1, -0.05) is 13.8 Å². The second-order valence-electron chi connectivity index (χ2n) is 4.57. The Labute approximate surface area is 91.3 Å². The fourth-order valence-corrected chi connectivity index (χ4v) is 1.93. The highest BCUT2D eigenvalue weighted by atomic mass is 14.9. The summed E-state index contributed by atoms with van der Waals surface area (Å²) in [5.74, 6) is 2.04. The van der Waals surface area contributed by atoms with Gasteiger partial charge in [-0.2, -0.15) is 0 Å². The highest BCUT2D eigenvalue weighted by molar-refractivity contribution is 5.11. The van der Waals surface area contributed by atoms with E-state index in [-0.39, 0.29) is 0 Å². The van der Waals surface area contributed by atoms with Crippen LogP contribution in [0.3, 0.4) is 0 Å². The van der Waals surface area contributed by atoms with E-state index in [4.69, 9.17) is 0 Å². The molecule has 1 unspecified atom stereocenters. The fourth-order valence-electron chi connectivity index (χ4n) is 1.93. The third-order valence-electron chi connectivity index (χ3n) is 3.02. The molecule has 2 heterocycles. The van der Waals surface area contributed by atoms with Crippen LogP contribution in [0.4, 0.5) is 0 Å². The summed E-state index contributed by atoms with van der Waals surface area (Å²) in [6.45, 7) is 6.50. The number of nitrogens with zero attached hydrogens (tertiary/aromatic N) is 2. The fraction of sp³-hybridized carbons (Fsp3) is 0.667. The minimum absolute atomic E-state index is 0.514. The minimum atomic E-state index is 0.514. The van der Waals surface area contributed by atoms with Crippen molar-refractivity contribution in [3.05, 3.63) is 23.8 Å². The quantitative estimate of drug-likeness (QED) is 0.803. The zero-order valence-electron chi connectivity index (χ0n) is 9.53. The Hall–Kier alpha value is -0.960. The molecule has 0 bridgehead atoms. The van der Waals surface area contributed by atoms with Crippen molar-refractivity contribution in [2.75, 3.05) is 13.1 Å². The van der Waals surface area contributed by atoms with E-state index in [1.54, 1.807) is 0 Å². The number of nitrogens with one attached hydrogen (secondary N) is 1. The molecule has 1 saturated heterocycles. The molecule has 0 aromatic carbocycles. The predicted octanol–water partition coefficient (Wildman–Crippen LogP) is 2.07. The summed E-state index contributed by atoms with van der Waals surface area (Å²) >= 11 is 0. The second kappa shape index (κ2) is 4.71. The Bertz CT molecular complexity index is 299. The molecule has 1 N–H and O–H groups in total. The van der Waals surface area contributed by atoms with Crippen molar-refractivity contribution >= 4 is 0 Å². The van der Waals surface area contributed by atoms with E-state index in [2.05, 4.69) is 29.1 Å². The van der Waals surface area contributed by atoms with Crippen LogP contribution in [0.1, 0.15) is 49.9 Å². The van der Waals surface area contributed by atoms with E-state index >= 15 is 0 Å². The lowest BCUT2D eigenvalue weighted by atomic mass is 9.98. The standard InChI is InChI=1S/C12H19N3/c1-9(2)11-7-14-12(15-8-11)10-4-3-5-13-6-10/h7-10,13H,3-6H2,1-2H3. The first-order valence-corrected chi connectivity index (χ1v) is 5.80. The van der Waals surface area contributed by atoms with Crippen LogP contribution in [0.2, 0.25) is 0 Å². The van der Waals surface area contributed by atoms with Gasteiger partial charge in [-0.05, 0) is 30.9 Å². The lowest BCUT2D eigenvalue weighted by Crippen LogP contribution is -2.29. The highest BCUT2D eigenvalue weighted by Crippen LogP contribution is 2.20. The van der Waals surface area contributed by atoms with Crippen LogP contribution in [0.5, 0.6) is 0 Å². The number of aromatic nitrogens is 2. The summed E-state index contributed by atoms with van der Waals surface area (Å²) < 4.78 is 0. The van der Waals surface area contributed by atoms with Crippen molar-refractivity contribution < 1.29 is 0 Å². The summed E-state index contributed by atoms with van der Waals surface area (Å²) in [5, 5.41) is 3.39. The Morgan fingerprint density at radius 1 is 1.33 bits per heavy atom. The SMILES string of the molecule is CC(C)c1cnc(C2CCCNC2)nc1. The zero-order valence-corrected chi connectivity index (χ0v) is 9.53. The number of rotatable bonds is 2. The third-order valence-corrected chi connectivity index (χ3v) is 3.02. The monoisotopic (exact) mass is 205 g/mol. The van der Waals surface area contributed by atoms with Gasteiger partial charge in [0.2, 0.25) is 0 Å². The first kappa shape index (κ1) is 10.6. The molecule has 0 saturated carbocycles. The number of hydrogen-bond donors (Lipinski definition) is 1. The molecule has 0 radical (unpaired) electrons. The van der Waals surface area contributed by atoms with Gasteiger partial charge in [0.05, 0.1) is 0 Å².